The molecular formula is C11H10BrFO2. The van der Waals surface area contributed by atoms with E-state index in [1.54, 1.807) is 24.3 Å². The van der Waals surface area contributed by atoms with E-state index in [-0.39, 0.29) is 12.2 Å². The molecule has 0 spiro atoms. The highest BCUT2D eigenvalue weighted by Gasteiger charge is 1.98. The van der Waals surface area contributed by atoms with Crippen molar-refractivity contribution in [2.45, 2.75) is 12.8 Å². The second-order valence-corrected chi connectivity index (χ2v) is 3.92. The summed E-state index contributed by atoms with van der Waals surface area (Å²) in [5, 5.41) is 8.39. The Balaban J connectivity index is 2.60. The minimum absolute atomic E-state index is 0.0641. The third kappa shape index (κ3) is 4.25. The number of carbonyl (C=O) groups is 1. The van der Waals surface area contributed by atoms with Gasteiger partial charge in [0.15, 0.2) is 0 Å². The molecular weight excluding hydrogens is 263 g/mol. The number of hydrogen-bond acceptors (Lipinski definition) is 1. The molecule has 0 atom stereocenters. The quantitative estimate of drug-likeness (QED) is 0.912. The molecule has 0 radical (unpaired) electrons. The van der Waals surface area contributed by atoms with E-state index in [4.69, 9.17) is 5.11 Å². The Morgan fingerprint density at radius 2 is 2.27 bits per heavy atom. The van der Waals surface area contributed by atoms with E-state index in [1.807, 2.05) is 0 Å². The van der Waals surface area contributed by atoms with Gasteiger partial charge in [-0.2, -0.15) is 0 Å². The van der Waals surface area contributed by atoms with Crippen LogP contribution in [-0.4, -0.2) is 11.1 Å². The molecule has 15 heavy (non-hydrogen) atoms. The number of allylic oxidation sites excluding steroid dienone is 1. The van der Waals surface area contributed by atoms with Crippen LogP contribution in [0.3, 0.4) is 0 Å². The molecule has 0 aliphatic carbocycles. The van der Waals surface area contributed by atoms with Gasteiger partial charge in [-0.1, -0.05) is 34.1 Å². The molecule has 0 heterocycles. The summed E-state index contributed by atoms with van der Waals surface area (Å²) in [6, 6.07) is 4.74. The summed E-state index contributed by atoms with van der Waals surface area (Å²) in [6.45, 7) is 0. The lowest BCUT2D eigenvalue weighted by Crippen LogP contribution is -1.91. The highest BCUT2D eigenvalue weighted by atomic mass is 79.9. The molecule has 0 aliphatic rings. The van der Waals surface area contributed by atoms with Crippen LogP contribution in [0.2, 0.25) is 0 Å². The fraction of sp³-hybridized carbons (Fsp3) is 0.182. The van der Waals surface area contributed by atoms with E-state index in [9.17, 15) is 9.18 Å². The van der Waals surface area contributed by atoms with Crippen LogP contribution in [0.1, 0.15) is 18.4 Å². The first kappa shape index (κ1) is 11.9. The van der Waals surface area contributed by atoms with E-state index in [2.05, 4.69) is 15.9 Å². The average Bonchev–Trinajstić information content (AvgIpc) is 2.14. The Hall–Kier alpha value is -1.16. The lowest BCUT2D eigenvalue weighted by molar-refractivity contribution is -0.136. The smallest absolute Gasteiger partial charge is 0.303 e. The molecule has 4 heteroatoms. The van der Waals surface area contributed by atoms with Crippen LogP contribution in [0.25, 0.3) is 6.08 Å². The molecule has 1 rings (SSSR count). The van der Waals surface area contributed by atoms with Gasteiger partial charge in [-0.25, -0.2) is 4.39 Å². The summed E-state index contributed by atoms with van der Waals surface area (Å²) in [6.07, 6.45) is 3.71. The first-order valence-corrected chi connectivity index (χ1v) is 5.22. The average molecular weight is 273 g/mol. The van der Waals surface area contributed by atoms with Gasteiger partial charge in [-0.3, -0.25) is 4.79 Å². The molecule has 1 N–H and O–H groups in total. The SMILES string of the molecule is O=C(O)CCC=Cc1ccc(Br)cc1F. The molecule has 0 fully saturated rings. The van der Waals surface area contributed by atoms with E-state index in [0.29, 0.717) is 16.5 Å². The highest BCUT2D eigenvalue weighted by molar-refractivity contribution is 9.10. The van der Waals surface area contributed by atoms with Crippen molar-refractivity contribution >= 4 is 28.0 Å². The van der Waals surface area contributed by atoms with Gasteiger partial charge < -0.3 is 5.11 Å². The van der Waals surface area contributed by atoms with Crippen LogP contribution in [0, 0.1) is 5.82 Å². The molecule has 2 nitrogen and oxygen atoms in total. The van der Waals surface area contributed by atoms with Gasteiger partial charge in [-0.05, 0) is 18.6 Å². The maximum absolute atomic E-state index is 13.2. The fourth-order valence-electron chi connectivity index (χ4n) is 1.05. The number of aliphatic carboxylic acids is 1. The number of halogens is 2. The second kappa shape index (κ2) is 5.66. The van der Waals surface area contributed by atoms with Crippen LogP contribution in [0.4, 0.5) is 4.39 Å². The lowest BCUT2D eigenvalue weighted by atomic mass is 10.2. The van der Waals surface area contributed by atoms with Gasteiger partial charge in [0.2, 0.25) is 0 Å². The molecule has 0 aromatic heterocycles. The van der Waals surface area contributed by atoms with Crippen LogP contribution in [0.15, 0.2) is 28.7 Å². The standard InChI is InChI=1S/C11H10BrFO2/c12-9-6-5-8(10(13)7-9)3-1-2-4-11(14)15/h1,3,5-7H,2,4H2,(H,14,15). The van der Waals surface area contributed by atoms with Crippen LogP contribution in [0.5, 0.6) is 0 Å². The number of carboxylic acid groups (broad SMARTS) is 1. The monoisotopic (exact) mass is 272 g/mol. The predicted molar refractivity (Wildman–Crippen MR) is 60.0 cm³/mol. The van der Waals surface area contributed by atoms with Gasteiger partial charge >= 0.3 is 5.97 Å². The third-order valence-electron chi connectivity index (χ3n) is 1.78. The third-order valence-corrected chi connectivity index (χ3v) is 2.28. The van der Waals surface area contributed by atoms with Crippen molar-refractivity contribution in [1.29, 1.82) is 0 Å². The highest BCUT2D eigenvalue weighted by Crippen LogP contribution is 2.16. The molecule has 80 valence electrons. The van der Waals surface area contributed by atoms with Gasteiger partial charge in [0.05, 0.1) is 0 Å². The summed E-state index contributed by atoms with van der Waals surface area (Å²) in [4.78, 5) is 10.2. The Morgan fingerprint density at radius 1 is 1.53 bits per heavy atom. The fourth-order valence-corrected chi connectivity index (χ4v) is 1.39. The van der Waals surface area contributed by atoms with Gasteiger partial charge in [0, 0.05) is 16.5 Å². The summed E-state index contributed by atoms with van der Waals surface area (Å²) in [5.74, 6) is -1.17. The zero-order chi connectivity index (χ0) is 11.3. The normalized spacial score (nSPS) is 10.8. The number of carboxylic acids is 1. The van der Waals surface area contributed by atoms with Crippen molar-refractivity contribution in [3.63, 3.8) is 0 Å². The molecule has 0 bridgehead atoms. The Bertz CT molecular complexity index is 388. The van der Waals surface area contributed by atoms with Gasteiger partial charge in [0.25, 0.3) is 0 Å². The van der Waals surface area contributed by atoms with E-state index < -0.39 is 5.97 Å². The molecule has 0 unspecified atom stereocenters. The Kier molecular flexibility index (Phi) is 4.49. The minimum Gasteiger partial charge on any atom is -0.481 e. The van der Waals surface area contributed by atoms with E-state index >= 15 is 0 Å². The zero-order valence-corrected chi connectivity index (χ0v) is 9.50. The van der Waals surface area contributed by atoms with Crippen molar-refractivity contribution in [2.75, 3.05) is 0 Å². The zero-order valence-electron chi connectivity index (χ0n) is 7.91. The summed E-state index contributed by atoms with van der Waals surface area (Å²) >= 11 is 3.16. The van der Waals surface area contributed by atoms with Gasteiger partial charge in [0.1, 0.15) is 5.82 Å². The van der Waals surface area contributed by atoms with Gasteiger partial charge in [-0.15, -0.1) is 0 Å². The number of rotatable bonds is 4. The molecule has 0 saturated heterocycles. The summed E-state index contributed by atoms with van der Waals surface area (Å²) < 4.78 is 13.9. The maximum Gasteiger partial charge on any atom is 0.303 e. The van der Waals surface area contributed by atoms with E-state index in [1.165, 1.54) is 6.07 Å². The van der Waals surface area contributed by atoms with Crippen LogP contribution >= 0.6 is 15.9 Å². The van der Waals surface area contributed by atoms with Crippen molar-refractivity contribution in [2.24, 2.45) is 0 Å². The Morgan fingerprint density at radius 3 is 2.87 bits per heavy atom. The predicted octanol–water partition coefficient (Wildman–Crippen LogP) is 3.47. The van der Waals surface area contributed by atoms with Crippen molar-refractivity contribution in [1.82, 2.24) is 0 Å². The second-order valence-electron chi connectivity index (χ2n) is 3.00. The maximum atomic E-state index is 13.2. The molecule has 0 saturated carbocycles. The molecule has 1 aromatic rings. The van der Waals surface area contributed by atoms with Crippen LogP contribution < -0.4 is 0 Å². The number of hydrogen-bond donors (Lipinski definition) is 1. The summed E-state index contributed by atoms with van der Waals surface area (Å²) in [5.41, 5.74) is 0.462. The molecule has 0 amide bonds. The Labute approximate surface area is 95.6 Å². The van der Waals surface area contributed by atoms with Crippen molar-refractivity contribution < 1.29 is 14.3 Å². The number of benzene rings is 1. The van der Waals surface area contributed by atoms with Crippen molar-refractivity contribution in [3.05, 3.63) is 40.1 Å². The minimum atomic E-state index is -0.851. The molecule has 0 aliphatic heterocycles. The largest absolute Gasteiger partial charge is 0.481 e. The first-order valence-electron chi connectivity index (χ1n) is 4.43. The van der Waals surface area contributed by atoms with Crippen LogP contribution in [-0.2, 0) is 4.79 Å². The van der Waals surface area contributed by atoms with E-state index in [0.717, 1.165) is 0 Å². The first-order chi connectivity index (χ1) is 7.09. The lowest BCUT2D eigenvalue weighted by Gasteiger charge is -1.97. The molecule has 1 aromatic carbocycles. The topological polar surface area (TPSA) is 37.3 Å². The summed E-state index contributed by atoms with van der Waals surface area (Å²) in [7, 11) is 0. The van der Waals surface area contributed by atoms with Crippen molar-refractivity contribution in [3.8, 4) is 0 Å².